The molecular formula is C18H18N4O3S. The average molecular weight is 370 g/mol. The van der Waals surface area contributed by atoms with E-state index in [4.69, 9.17) is 26.4 Å². The van der Waals surface area contributed by atoms with Crippen LogP contribution in [0.1, 0.15) is 11.1 Å². The second-order valence-corrected chi connectivity index (χ2v) is 5.67. The molecule has 0 spiro atoms. The van der Waals surface area contributed by atoms with E-state index in [9.17, 15) is 0 Å². The molecule has 0 aliphatic carbocycles. The summed E-state index contributed by atoms with van der Waals surface area (Å²) in [6, 6.07) is 13.5. The van der Waals surface area contributed by atoms with Crippen molar-refractivity contribution in [3.05, 3.63) is 64.7 Å². The first-order valence-corrected chi connectivity index (χ1v) is 8.21. The van der Waals surface area contributed by atoms with Gasteiger partial charge in [0.25, 0.3) is 0 Å². The Labute approximate surface area is 155 Å². The summed E-state index contributed by atoms with van der Waals surface area (Å²) in [5, 5.41) is 10.7. The van der Waals surface area contributed by atoms with E-state index in [2.05, 4.69) is 15.3 Å². The van der Waals surface area contributed by atoms with Gasteiger partial charge >= 0.3 is 0 Å². The summed E-state index contributed by atoms with van der Waals surface area (Å²) in [5.74, 6) is 1.64. The lowest BCUT2D eigenvalue weighted by Crippen LogP contribution is -2.01. The summed E-state index contributed by atoms with van der Waals surface area (Å²) in [7, 11) is 3.16. The van der Waals surface area contributed by atoms with Gasteiger partial charge in [0.15, 0.2) is 11.5 Å². The first-order valence-electron chi connectivity index (χ1n) is 7.80. The highest BCUT2D eigenvalue weighted by Crippen LogP contribution is 2.38. The second kappa shape index (κ2) is 8.30. The number of methoxy groups -OCH3 is 2. The lowest BCUT2D eigenvalue weighted by Gasteiger charge is -2.15. The van der Waals surface area contributed by atoms with Crippen molar-refractivity contribution >= 4 is 18.4 Å². The van der Waals surface area contributed by atoms with E-state index in [1.54, 1.807) is 20.4 Å². The minimum Gasteiger partial charge on any atom is -0.493 e. The molecule has 26 heavy (non-hydrogen) atoms. The number of nitrogens with zero attached hydrogens (tertiary/aromatic N) is 3. The fraction of sp³-hybridized carbons (Fsp3) is 0.167. The molecule has 1 heterocycles. The third-order valence-electron chi connectivity index (χ3n) is 3.58. The van der Waals surface area contributed by atoms with E-state index in [0.29, 0.717) is 28.6 Å². The molecule has 0 saturated carbocycles. The summed E-state index contributed by atoms with van der Waals surface area (Å²) >= 11 is 5.06. The highest BCUT2D eigenvalue weighted by molar-refractivity contribution is 7.71. The third-order valence-corrected chi connectivity index (χ3v) is 3.85. The molecule has 1 aromatic heterocycles. The second-order valence-electron chi connectivity index (χ2n) is 5.28. The molecule has 7 nitrogen and oxygen atoms in total. The molecule has 0 bridgehead atoms. The summed E-state index contributed by atoms with van der Waals surface area (Å²) in [4.78, 5) is 0. The van der Waals surface area contributed by atoms with Crippen LogP contribution in [0.3, 0.4) is 0 Å². The van der Waals surface area contributed by atoms with Crippen LogP contribution in [0, 0.1) is 4.77 Å². The Morgan fingerprint density at radius 2 is 1.85 bits per heavy atom. The maximum atomic E-state index is 5.93. The summed E-state index contributed by atoms with van der Waals surface area (Å²) < 4.78 is 18.7. The van der Waals surface area contributed by atoms with Crippen molar-refractivity contribution < 1.29 is 14.2 Å². The molecule has 3 rings (SSSR count). The number of aromatic amines is 1. The first kappa shape index (κ1) is 17.7. The highest BCUT2D eigenvalue weighted by Gasteiger charge is 2.14. The van der Waals surface area contributed by atoms with E-state index in [-0.39, 0.29) is 0 Å². The smallest absolute Gasteiger partial charge is 0.216 e. The number of hydrogen-bond donors (Lipinski definition) is 1. The fourth-order valence-electron chi connectivity index (χ4n) is 2.30. The Bertz CT molecular complexity index is 925. The fourth-order valence-corrected chi connectivity index (χ4v) is 2.45. The van der Waals surface area contributed by atoms with Crippen LogP contribution >= 0.6 is 12.2 Å². The number of H-pyrrole nitrogens is 1. The van der Waals surface area contributed by atoms with Gasteiger partial charge in [-0.3, -0.25) is 5.10 Å². The Hall–Kier alpha value is -3.13. The van der Waals surface area contributed by atoms with Gasteiger partial charge in [-0.1, -0.05) is 30.3 Å². The van der Waals surface area contributed by atoms with Gasteiger partial charge in [0, 0.05) is 5.56 Å². The van der Waals surface area contributed by atoms with Crippen LogP contribution in [-0.2, 0) is 6.61 Å². The zero-order chi connectivity index (χ0) is 18.4. The molecule has 0 fully saturated rings. The van der Waals surface area contributed by atoms with Gasteiger partial charge in [-0.25, -0.2) is 0 Å². The van der Waals surface area contributed by atoms with Crippen LogP contribution in [0.15, 0.2) is 53.9 Å². The zero-order valence-electron chi connectivity index (χ0n) is 14.4. The van der Waals surface area contributed by atoms with E-state index >= 15 is 0 Å². The highest BCUT2D eigenvalue weighted by atomic mass is 32.1. The molecular weight excluding hydrogens is 352 g/mol. The molecule has 2 aromatic carbocycles. The van der Waals surface area contributed by atoms with Crippen molar-refractivity contribution in [2.75, 3.05) is 14.2 Å². The minimum atomic E-state index is 0.406. The molecule has 3 aromatic rings. The van der Waals surface area contributed by atoms with Crippen LogP contribution in [0.4, 0.5) is 0 Å². The monoisotopic (exact) mass is 370 g/mol. The van der Waals surface area contributed by atoms with Gasteiger partial charge in [0.2, 0.25) is 10.5 Å². The van der Waals surface area contributed by atoms with Gasteiger partial charge in [-0.2, -0.15) is 14.9 Å². The van der Waals surface area contributed by atoms with Crippen molar-refractivity contribution in [1.29, 1.82) is 0 Å². The minimum absolute atomic E-state index is 0.406. The number of nitrogens with one attached hydrogen (secondary N) is 1. The summed E-state index contributed by atoms with van der Waals surface area (Å²) in [6.07, 6.45) is 3.13. The van der Waals surface area contributed by atoms with Crippen molar-refractivity contribution in [1.82, 2.24) is 14.9 Å². The van der Waals surface area contributed by atoms with Crippen LogP contribution in [0.25, 0.3) is 0 Å². The summed E-state index contributed by atoms with van der Waals surface area (Å²) in [5.41, 5.74) is 1.82. The molecule has 8 heteroatoms. The Morgan fingerprint density at radius 1 is 1.15 bits per heavy atom. The predicted molar refractivity (Wildman–Crippen MR) is 101 cm³/mol. The van der Waals surface area contributed by atoms with Crippen LogP contribution in [-0.4, -0.2) is 35.3 Å². The molecule has 0 saturated heterocycles. The molecule has 0 unspecified atom stereocenters. The quantitative estimate of drug-likeness (QED) is 0.510. The van der Waals surface area contributed by atoms with Crippen LogP contribution in [0.5, 0.6) is 17.2 Å². The van der Waals surface area contributed by atoms with Crippen LogP contribution in [0.2, 0.25) is 0 Å². The van der Waals surface area contributed by atoms with Crippen molar-refractivity contribution in [2.24, 2.45) is 5.10 Å². The Kier molecular flexibility index (Phi) is 5.65. The van der Waals surface area contributed by atoms with E-state index in [1.165, 1.54) is 11.0 Å². The largest absolute Gasteiger partial charge is 0.493 e. The topological polar surface area (TPSA) is 73.7 Å². The summed E-state index contributed by atoms with van der Waals surface area (Å²) in [6.45, 7) is 0.408. The zero-order valence-corrected chi connectivity index (χ0v) is 15.2. The van der Waals surface area contributed by atoms with E-state index in [0.717, 1.165) is 11.1 Å². The standard InChI is InChI=1S/C18H18N4O3S/c1-23-15-8-14(10-20-22-12-19-21-18(22)26)9-16(24-2)17(15)25-11-13-6-4-3-5-7-13/h3-10,12H,11H2,1-2H3,(H,21,26)/b20-10-. The van der Waals surface area contributed by atoms with E-state index in [1.807, 2.05) is 42.5 Å². The first-order chi connectivity index (χ1) is 12.7. The predicted octanol–water partition coefficient (Wildman–Crippen LogP) is 3.42. The number of ether oxygens (including phenoxy) is 3. The lowest BCUT2D eigenvalue weighted by atomic mass is 10.2. The Morgan fingerprint density at radius 3 is 2.42 bits per heavy atom. The molecule has 0 atom stereocenters. The van der Waals surface area contributed by atoms with Gasteiger partial charge in [0.05, 0.1) is 20.4 Å². The van der Waals surface area contributed by atoms with Gasteiger partial charge in [-0.15, -0.1) is 0 Å². The molecule has 0 aliphatic heterocycles. The average Bonchev–Trinajstić information content (AvgIpc) is 3.10. The molecule has 1 N–H and O–H groups in total. The van der Waals surface area contributed by atoms with Gasteiger partial charge < -0.3 is 14.2 Å². The molecule has 0 aliphatic rings. The Balaban J connectivity index is 1.87. The van der Waals surface area contributed by atoms with Gasteiger partial charge in [-0.05, 0) is 29.9 Å². The normalized spacial score (nSPS) is 10.8. The van der Waals surface area contributed by atoms with Crippen LogP contribution < -0.4 is 14.2 Å². The number of rotatable bonds is 7. The lowest BCUT2D eigenvalue weighted by molar-refractivity contribution is 0.266. The number of hydrogen-bond acceptors (Lipinski definition) is 6. The molecule has 134 valence electrons. The van der Waals surface area contributed by atoms with Crippen molar-refractivity contribution in [2.45, 2.75) is 6.61 Å². The van der Waals surface area contributed by atoms with E-state index < -0.39 is 0 Å². The molecule has 0 amide bonds. The van der Waals surface area contributed by atoms with Crippen molar-refractivity contribution in [3.63, 3.8) is 0 Å². The maximum Gasteiger partial charge on any atom is 0.216 e. The maximum absolute atomic E-state index is 5.93. The third kappa shape index (κ3) is 4.09. The number of benzene rings is 2. The molecule has 0 radical (unpaired) electrons. The SMILES string of the molecule is COc1cc(/C=N\n2cn[nH]c2=S)cc(OC)c1OCc1ccccc1. The number of aromatic nitrogens is 3. The van der Waals surface area contributed by atoms with Crippen molar-refractivity contribution in [3.8, 4) is 17.2 Å². The van der Waals surface area contributed by atoms with Gasteiger partial charge in [0.1, 0.15) is 12.9 Å².